The van der Waals surface area contributed by atoms with E-state index < -0.39 is 5.91 Å². The van der Waals surface area contributed by atoms with Crippen LogP contribution in [-0.4, -0.2) is 21.9 Å². The van der Waals surface area contributed by atoms with Crippen molar-refractivity contribution in [3.8, 4) is 0 Å². The summed E-state index contributed by atoms with van der Waals surface area (Å²) in [7, 11) is 0. The molecule has 21 heavy (non-hydrogen) atoms. The molecule has 2 aromatic rings. The van der Waals surface area contributed by atoms with Gasteiger partial charge in [0.25, 0.3) is 5.91 Å². The largest absolute Gasteiger partial charge is 0.381 e. The molecule has 1 atom stereocenters. The molecule has 0 bridgehead atoms. The Labute approximate surface area is 124 Å². The van der Waals surface area contributed by atoms with Crippen LogP contribution in [0, 0.1) is 5.92 Å². The van der Waals surface area contributed by atoms with Crippen molar-refractivity contribution in [1.82, 2.24) is 9.97 Å². The van der Waals surface area contributed by atoms with E-state index in [1.54, 1.807) is 6.20 Å². The highest BCUT2D eigenvalue weighted by atomic mass is 16.1. The number of aromatic amines is 1. The predicted molar refractivity (Wildman–Crippen MR) is 84.3 cm³/mol. The minimum Gasteiger partial charge on any atom is -0.381 e. The Kier molecular flexibility index (Phi) is 3.82. The zero-order valence-electron chi connectivity index (χ0n) is 12.4. The lowest BCUT2D eigenvalue weighted by atomic mass is 9.84. The number of anilines is 1. The quantitative estimate of drug-likeness (QED) is 0.807. The standard InChI is InChI=1S/C16H22N4O/c1-10(11-5-3-2-4-6-11)20-14-12-7-8-18-16(12)19-9-13(14)15(17)21/h7-11H,2-6H2,1H3,(H2,17,21)(H2,18,19,20)/t10-/m0/s1. The third-order valence-electron chi connectivity index (χ3n) is 4.58. The second-order valence-electron chi connectivity index (χ2n) is 5.98. The molecular weight excluding hydrogens is 264 g/mol. The van der Waals surface area contributed by atoms with Crippen LogP contribution in [0.25, 0.3) is 11.0 Å². The Bertz CT molecular complexity index is 643. The molecule has 0 aromatic carbocycles. The Morgan fingerprint density at radius 2 is 2.19 bits per heavy atom. The molecule has 0 saturated heterocycles. The number of hydrogen-bond acceptors (Lipinski definition) is 3. The minimum absolute atomic E-state index is 0.323. The van der Waals surface area contributed by atoms with Gasteiger partial charge in [0.05, 0.1) is 11.3 Å². The number of fused-ring (bicyclic) bond motifs is 1. The van der Waals surface area contributed by atoms with E-state index in [1.165, 1.54) is 32.1 Å². The van der Waals surface area contributed by atoms with E-state index >= 15 is 0 Å². The molecule has 1 saturated carbocycles. The second kappa shape index (κ2) is 5.76. The van der Waals surface area contributed by atoms with Crippen molar-refractivity contribution < 1.29 is 4.79 Å². The van der Waals surface area contributed by atoms with Crippen LogP contribution in [0.3, 0.4) is 0 Å². The van der Waals surface area contributed by atoms with E-state index in [0.717, 1.165) is 16.7 Å². The van der Waals surface area contributed by atoms with Crippen LogP contribution >= 0.6 is 0 Å². The van der Waals surface area contributed by atoms with Crippen molar-refractivity contribution in [2.45, 2.75) is 45.1 Å². The van der Waals surface area contributed by atoms with Crippen LogP contribution in [0.1, 0.15) is 49.4 Å². The lowest BCUT2D eigenvalue weighted by Gasteiger charge is -2.29. The highest BCUT2D eigenvalue weighted by Crippen LogP contribution is 2.31. The van der Waals surface area contributed by atoms with E-state index in [-0.39, 0.29) is 0 Å². The molecule has 0 spiro atoms. The number of primary amides is 1. The van der Waals surface area contributed by atoms with Crippen LogP contribution in [0.2, 0.25) is 0 Å². The monoisotopic (exact) mass is 286 g/mol. The summed E-state index contributed by atoms with van der Waals surface area (Å²) in [5, 5.41) is 4.45. The van der Waals surface area contributed by atoms with Crippen LogP contribution in [0.15, 0.2) is 18.5 Å². The van der Waals surface area contributed by atoms with Gasteiger partial charge in [-0.1, -0.05) is 19.3 Å². The lowest BCUT2D eigenvalue weighted by molar-refractivity contribution is 0.100. The molecular formula is C16H22N4O. The highest BCUT2D eigenvalue weighted by molar-refractivity contribution is 6.05. The Morgan fingerprint density at radius 1 is 1.43 bits per heavy atom. The number of H-pyrrole nitrogens is 1. The predicted octanol–water partition coefficient (Wildman–Crippen LogP) is 3.04. The molecule has 1 aliphatic rings. The summed E-state index contributed by atoms with van der Waals surface area (Å²) < 4.78 is 0. The average Bonchev–Trinajstić information content (AvgIpc) is 2.97. The van der Waals surface area contributed by atoms with Crippen molar-refractivity contribution >= 4 is 22.6 Å². The van der Waals surface area contributed by atoms with Gasteiger partial charge in [0.1, 0.15) is 5.65 Å². The van der Waals surface area contributed by atoms with Crippen molar-refractivity contribution in [3.63, 3.8) is 0 Å². The Balaban J connectivity index is 1.92. The molecule has 0 aliphatic heterocycles. The third-order valence-corrected chi connectivity index (χ3v) is 4.58. The lowest BCUT2D eigenvalue weighted by Crippen LogP contribution is -2.29. The van der Waals surface area contributed by atoms with Gasteiger partial charge in [0.15, 0.2) is 0 Å². The van der Waals surface area contributed by atoms with Gasteiger partial charge in [-0.3, -0.25) is 4.79 Å². The first kappa shape index (κ1) is 13.9. The van der Waals surface area contributed by atoms with E-state index in [4.69, 9.17) is 5.73 Å². The van der Waals surface area contributed by atoms with Gasteiger partial charge in [0.2, 0.25) is 0 Å². The normalized spacial score (nSPS) is 17.8. The van der Waals surface area contributed by atoms with Gasteiger partial charge >= 0.3 is 0 Å². The number of nitrogens with zero attached hydrogens (tertiary/aromatic N) is 1. The number of pyridine rings is 1. The molecule has 5 nitrogen and oxygen atoms in total. The number of rotatable bonds is 4. The molecule has 0 unspecified atom stereocenters. The van der Waals surface area contributed by atoms with Crippen molar-refractivity contribution in [1.29, 1.82) is 0 Å². The van der Waals surface area contributed by atoms with Gasteiger partial charge in [-0.15, -0.1) is 0 Å². The van der Waals surface area contributed by atoms with Gasteiger partial charge < -0.3 is 16.0 Å². The molecule has 2 aromatic heterocycles. The summed E-state index contributed by atoms with van der Waals surface area (Å²) in [6, 6.07) is 2.26. The average molecular weight is 286 g/mol. The fourth-order valence-electron chi connectivity index (χ4n) is 3.33. The van der Waals surface area contributed by atoms with E-state index in [1.807, 2.05) is 12.3 Å². The maximum absolute atomic E-state index is 11.7. The zero-order chi connectivity index (χ0) is 14.8. The minimum atomic E-state index is -0.441. The first-order valence-electron chi connectivity index (χ1n) is 7.69. The molecule has 0 radical (unpaired) electrons. The van der Waals surface area contributed by atoms with Gasteiger partial charge in [-0.25, -0.2) is 4.98 Å². The molecule has 1 aliphatic carbocycles. The van der Waals surface area contributed by atoms with Crippen molar-refractivity contribution in [3.05, 3.63) is 24.0 Å². The van der Waals surface area contributed by atoms with Gasteiger partial charge in [-0.2, -0.15) is 0 Å². The summed E-state index contributed by atoms with van der Waals surface area (Å²) in [6.45, 7) is 2.19. The van der Waals surface area contributed by atoms with Crippen LogP contribution in [0.5, 0.6) is 0 Å². The third kappa shape index (κ3) is 2.73. The summed E-state index contributed by atoms with van der Waals surface area (Å²) in [5.74, 6) is 0.213. The molecule has 1 amide bonds. The molecule has 3 rings (SSSR count). The van der Waals surface area contributed by atoms with Crippen LogP contribution in [-0.2, 0) is 0 Å². The number of carbonyl (C=O) groups is 1. The van der Waals surface area contributed by atoms with E-state index in [0.29, 0.717) is 17.5 Å². The summed E-state index contributed by atoms with van der Waals surface area (Å²) in [5.41, 5.74) is 7.55. The number of amides is 1. The van der Waals surface area contributed by atoms with Crippen molar-refractivity contribution in [2.24, 2.45) is 11.7 Å². The first-order valence-corrected chi connectivity index (χ1v) is 7.69. The first-order chi connectivity index (χ1) is 10.2. The Morgan fingerprint density at radius 3 is 2.90 bits per heavy atom. The number of carbonyl (C=O) groups excluding carboxylic acids is 1. The smallest absolute Gasteiger partial charge is 0.252 e. The maximum Gasteiger partial charge on any atom is 0.252 e. The van der Waals surface area contributed by atoms with Gasteiger partial charge in [0, 0.05) is 23.8 Å². The molecule has 4 N–H and O–H groups in total. The summed E-state index contributed by atoms with van der Waals surface area (Å²) in [6.07, 6.45) is 9.83. The molecule has 1 fully saturated rings. The second-order valence-corrected chi connectivity index (χ2v) is 5.98. The number of nitrogens with two attached hydrogens (primary N) is 1. The van der Waals surface area contributed by atoms with E-state index in [2.05, 4.69) is 22.2 Å². The number of aromatic nitrogens is 2. The van der Waals surface area contributed by atoms with Crippen LogP contribution < -0.4 is 11.1 Å². The Hall–Kier alpha value is -2.04. The zero-order valence-corrected chi connectivity index (χ0v) is 12.4. The van der Waals surface area contributed by atoms with Crippen LogP contribution in [0.4, 0.5) is 5.69 Å². The number of hydrogen-bond donors (Lipinski definition) is 3. The number of nitrogens with one attached hydrogen (secondary N) is 2. The molecule has 2 heterocycles. The van der Waals surface area contributed by atoms with Crippen molar-refractivity contribution in [2.75, 3.05) is 5.32 Å². The fourth-order valence-corrected chi connectivity index (χ4v) is 3.33. The summed E-state index contributed by atoms with van der Waals surface area (Å²) >= 11 is 0. The highest BCUT2D eigenvalue weighted by Gasteiger charge is 2.22. The van der Waals surface area contributed by atoms with E-state index in [9.17, 15) is 4.79 Å². The maximum atomic E-state index is 11.7. The SMILES string of the molecule is C[C@H](Nc1c(C(N)=O)cnc2[nH]ccc12)C1CCCCC1. The fraction of sp³-hybridized carbons (Fsp3) is 0.500. The van der Waals surface area contributed by atoms with Gasteiger partial charge in [-0.05, 0) is 31.7 Å². The molecule has 112 valence electrons. The topological polar surface area (TPSA) is 83.8 Å². The molecule has 5 heteroatoms. The summed E-state index contributed by atoms with van der Waals surface area (Å²) in [4.78, 5) is 19.0.